The first kappa shape index (κ1) is 9.20. The summed E-state index contributed by atoms with van der Waals surface area (Å²) in [4.78, 5) is 6.49. The van der Waals surface area contributed by atoms with E-state index in [1.165, 1.54) is 11.3 Å². The highest BCUT2D eigenvalue weighted by atomic mass is 15.1. The van der Waals surface area contributed by atoms with Crippen LogP contribution in [-0.4, -0.2) is 24.0 Å². The van der Waals surface area contributed by atoms with Gasteiger partial charge in [0.1, 0.15) is 0 Å². The summed E-state index contributed by atoms with van der Waals surface area (Å²) in [6.07, 6.45) is 2.93. The largest absolute Gasteiger partial charge is 0.304 e. The number of aryl methyl sites for hydroxylation is 1. The highest BCUT2D eigenvalue weighted by molar-refractivity contribution is 5.19. The fourth-order valence-electron chi connectivity index (χ4n) is 1.24. The minimum Gasteiger partial charge on any atom is -0.304 e. The van der Waals surface area contributed by atoms with Crippen LogP contribution in [0.25, 0.3) is 0 Å². The number of rotatable bonds is 3. The molecule has 0 saturated carbocycles. The van der Waals surface area contributed by atoms with Crippen molar-refractivity contribution < 1.29 is 0 Å². The van der Waals surface area contributed by atoms with E-state index in [0.29, 0.717) is 0 Å². The molecule has 2 heteroatoms. The molecule has 1 aromatic rings. The van der Waals surface area contributed by atoms with E-state index >= 15 is 0 Å². The topological polar surface area (TPSA) is 16.1 Å². The van der Waals surface area contributed by atoms with Crippen molar-refractivity contribution in [2.45, 2.75) is 19.9 Å². The Bertz CT molecular complexity index is 243. The third-order valence-corrected chi connectivity index (χ3v) is 1.83. The molecule has 66 valence electrons. The van der Waals surface area contributed by atoms with Gasteiger partial charge in [-0.3, -0.25) is 4.98 Å². The Kier molecular flexibility index (Phi) is 3.23. The van der Waals surface area contributed by atoms with E-state index in [9.17, 15) is 0 Å². The maximum atomic E-state index is 4.35. The van der Waals surface area contributed by atoms with E-state index in [-0.39, 0.29) is 0 Å². The van der Waals surface area contributed by atoms with Crippen LogP contribution in [0, 0.1) is 0 Å². The molecule has 0 aliphatic heterocycles. The first-order valence-electron chi connectivity index (χ1n) is 4.31. The van der Waals surface area contributed by atoms with Crippen LogP contribution < -0.4 is 0 Å². The van der Waals surface area contributed by atoms with Gasteiger partial charge in [-0.2, -0.15) is 0 Å². The Labute approximate surface area is 74.2 Å². The normalized spacial score (nSPS) is 10.7. The lowest BCUT2D eigenvalue weighted by atomic mass is 10.1. The Morgan fingerprint density at radius 2 is 2.17 bits per heavy atom. The fourth-order valence-corrected chi connectivity index (χ4v) is 1.24. The van der Waals surface area contributed by atoms with Gasteiger partial charge in [0.25, 0.3) is 0 Å². The van der Waals surface area contributed by atoms with E-state index in [4.69, 9.17) is 0 Å². The number of hydrogen-bond acceptors (Lipinski definition) is 2. The predicted molar refractivity (Wildman–Crippen MR) is 51.0 cm³/mol. The van der Waals surface area contributed by atoms with Gasteiger partial charge in [-0.15, -0.1) is 0 Å². The average Bonchev–Trinajstić information content (AvgIpc) is 2.04. The fraction of sp³-hybridized carbons (Fsp3) is 0.500. The summed E-state index contributed by atoms with van der Waals surface area (Å²) < 4.78 is 0. The molecule has 1 rings (SSSR count). The molecule has 2 nitrogen and oxygen atoms in total. The highest BCUT2D eigenvalue weighted by Crippen LogP contribution is 2.07. The molecule has 0 amide bonds. The van der Waals surface area contributed by atoms with Gasteiger partial charge in [0, 0.05) is 12.7 Å². The quantitative estimate of drug-likeness (QED) is 0.676. The molecule has 1 heterocycles. The molecular weight excluding hydrogens is 148 g/mol. The van der Waals surface area contributed by atoms with Crippen LogP contribution in [0.5, 0.6) is 0 Å². The lowest BCUT2D eigenvalue weighted by Crippen LogP contribution is -2.13. The summed E-state index contributed by atoms with van der Waals surface area (Å²) in [6.45, 7) is 3.10. The lowest BCUT2D eigenvalue weighted by molar-refractivity contribution is 0.395. The zero-order valence-corrected chi connectivity index (χ0v) is 8.04. The van der Waals surface area contributed by atoms with Crippen LogP contribution in [0.3, 0.4) is 0 Å². The van der Waals surface area contributed by atoms with Crippen molar-refractivity contribution in [3.05, 3.63) is 29.6 Å². The summed E-state index contributed by atoms with van der Waals surface area (Å²) in [5.74, 6) is 0. The predicted octanol–water partition coefficient (Wildman–Crippen LogP) is 1.71. The van der Waals surface area contributed by atoms with Gasteiger partial charge in [0.2, 0.25) is 0 Å². The van der Waals surface area contributed by atoms with Crippen LogP contribution in [0.2, 0.25) is 0 Å². The third kappa shape index (κ3) is 2.31. The average molecular weight is 164 g/mol. The molecule has 0 N–H and O–H groups in total. The van der Waals surface area contributed by atoms with Crippen LogP contribution in [0.4, 0.5) is 0 Å². The summed E-state index contributed by atoms with van der Waals surface area (Å²) in [7, 11) is 4.13. The van der Waals surface area contributed by atoms with E-state index in [0.717, 1.165) is 13.0 Å². The molecule has 0 bridgehead atoms. The first-order chi connectivity index (χ1) is 5.74. The molecular formula is C10H16N2. The lowest BCUT2D eigenvalue weighted by Gasteiger charge is -2.11. The van der Waals surface area contributed by atoms with Gasteiger partial charge in [-0.1, -0.05) is 13.0 Å². The van der Waals surface area contributed by atoms with Gasteiger partial charge < -0.3 is 4.90 Å². The third-order valence-electron chi connectivity index (χ3n) is 1.83. The highest BCUT2D eigenvalue weighted by Gasteiger charge is 2.01. The zero-order valence-electron chi connectivity index (χ0n) is 8.04. The Balaban J connectivity index is 2.82. The number of hydrogen-bond donors (Lipinski definition) is 0. The molecule has 0 unspecified atom stereocenters. The maximum absolute atomic E-state index is 4.35. The standard InChI is InChI=1S/C10H16N2/c1-4-9-6-5-7-11-10(9)8-12(2)3/h5-7H,4,8H2,1-3H3. The van der Waals surface area contributed by atoms with E-state index in [1.807, 2.05) is 12.3 Å². The van der Waals surface area contributed by atoms with Gasteiger partial charge in [0.05, 0.1) is 5.69 Å². The van der Waals surface area contributed by atoms with Crippen molar-refractivity contribution in [2.75, 3.05) is 14.1 Å². The van der Waals surface area contributed by atoms with Gasteiger partial charge in [-0.25, -0.2) is 0 Å². The smallest absolute Gasteiger partial charge is 0.0575 e. The summed E-state index contributed by atoms with van der Waals surface area (Å²) >= 11 is 0. The SMILES string of the molecule is CCc1cccnc1CN(C)C. The van der Waals surface area contributed by atoms with Gasteiger partial charge >= 0.3 is 0 Å². The van der Waals surface area contributed by atoms with Crippen molar-refractivity contribution in [3.63, 3.8) is 0 Å². The molecule has 0 saturated heterocycles. The minimum absolute atomic E-state index is 0.935. The summed E-state index contributed by atoms with van der Waals surface area (Å²) in [5.41, 5.74) is 2.55. The van der Waals surface area contributed by atoms with Crippen LogP contribution in [0.1, 0.15) is 18.2 Å². The molecule has 12 heavy (non-hydrogen) atoms. The molecule has 0 aliphatic carbocycles. The molecule has 0 atom stereocenters. The molecule has 0 aliphatic rings. The summed E-state index contributed by atoms with van der Waals surface area (Å²) in [6, 6.07) is 4.14. The summed E-state index contributed by atoms with van der Waals surface area (Å²) in [5, 5.41) is 0. The molecule has 1 aromatic heterocycles. The van der Waals surface area contributed by atoms with Crippen LogP contribution in [-0.2, 0) is 13.0 Å². The molecule has 0 spiro atoms. The second-order valence-electron chi connectivity index (χ2n) is 3.20. The van der Waals surface area contributed by atoms with E-state index < -0.39 is 0 Å². The number of aromatic nitrogens is 1. The van der Waals surface area contributed by atoms with Crippen molar-refractivity contribution in [1.29, 1.82) is 0 Å². The van der Waals surface area contributed by atoms with Crippen molar-refractivity contribution in [1.82, 2.24) is 9.88 Å². The Morgan fingerprint density at radius 1 is 1.42 bits per heavy atom. The number of nitrogens with zero attached hydrogens (tertiary/aromatic N) is 2. The Hall–Kier alpha value is -0.890. The Morgan fingerprint density at radius 3 is 2.75 bits per heavy atom. The van der Waals surface area contributed by atoms with Crippen LogP contribution >= 0.6 is 0 Å². The van der Waals surface area contributed by atoms with Crippen molar-refractivity contribution in [2.24, 2.45) is 0 Å². The minimum atomic E-state index is 0.935. The van der Waals surface area contributed by atoms with Gasteiger partial charge in [0.15, 0.2) is 0 Å². The first-order valence-corrected chi connectivity index (χ1v) is 4.31. The second-order valence-corrected chi connectivity index (χ2v) is 3.20. The second kappa shape index (κ2) is 4.21. The van der Waals surface area contributed by atoms with E-state index in [1.54, 1.807) is 0 Å². The number of pyridine rings is 1. The van der Waals surface area contributed by atoms with Gasteiger partial charge in [-0.05, 0) is 32.1 Å². The monoisotopic (exact) mass is 164 g/mol. The zero-order chi connectivity index (χ0) is 8.97. The maximum Gasteiger partial charge on any atom is 0.0575 e. The van der Waals surface area contributed by atoms with Crippen molar-refractivity contribution in [3.8, 4) is 0 Å². The molecule has 0 radical (unpaired) electrons. The van der Waals surface area contributed by atoms with E-state index in [2.05, 4.69) is 37.0 Å². The van der Waals surface area contributed by atoms with Crippen LogP contribution in [0.15, 0.2) is 18.3 Å². The van der Waals surface area contributed by atoms with Crippen molar-refractivity contribution >= 4 is 0 Å². The molecule has 0 fully saturated rings. The molecule has 0 aromatic carbocycles.